The Morgan fingerprint density at radius 1 is 1.09 bits per heavy atom. The van der Waals surface area contributed by atoms with E-state index in [4.69, 9.17) is 16.3 Å². The van der Waals surface area contributed by atoms with E-state index in [1.807, 2.05) is 27.7 Å². The molecule has 0 aliphatic carbocycles. The van der Waals surface area contributed by atoms with E-state index in [2.05, 4.69) is 0 Å². The van der Waals surface area contributed by atoms with Gasteiger partial charge in [-0.2, -0.15) is 0 Å². The zero-order valence-electron chi connectivity index (χ0n) is 20.0. The molecule has 0 spiro atoms. The first-order valence-electron chi connectivity index (χ1n) is 11.0. The highest BCUT2D eigenvalue weighted by Gasteiger charge is 2.34. The van der Waals surface area contributed by atoms with Crippen molar-refractivity contribution in [3.63, 3.8) is 0 Å². The summed E-state index contributed by atoms with van der Waals surface area (Å²) >= 11 is 6.27. The summed E-state index contributed by atoms with van der Waals surface area (Å²) in [4.78, 5) is 41.2. The van der Waals surface area contributed by atoms with E-state index >= 15 is 0 Å². The summed E-state index contributed by atoms with van der Waals surface area (Å²) in [7, 11) is 0. The Morgan fingerprint density at radius 2 is 1.72 bits per heavy atom. The number of benzene rings is 1. The summed E-state index contributed by atoms with van der Waals surface area (Å²) in [6.45, 7) is 14.1. The molecule has 7 heteroatoms. The zero-order valence-corrected chi connectivity index (χ0v) is 20.7. The molecule has 1 unspecified atom stereocenters. The van der Waals surface area contributed by atoms with Gasteiger partial charge >= 0.3 is 5.97 Å². The average molecular weight is 461 g/mol. The molecule has 6 nitrogen and oxygen atoms in total. The first-order valence-corrected chi connectivity index (χ1v) is 11.4. The molecule has 0 saturated heterocycles. The van der Waals surface area contributed by atoms with Crippen LogP contribution in [0.5, 0.6) is 0 Å². The maximum absolute atomic E-state index is 13.7. The second-order valence-corrected chi connectivity index (χ2v) is 8.68. The van der Waals surface area contributed by atoms with Crippen molar-refractivity contribution in [3.05, 3.63) is 57.4 Å². The van der Waals surface area contributed by atoms with Crippen LogP contribution in [0.1, 0.15) is 77.1 Å². The number of hydrogen-bond donors (Lipinski definition) is 0. The fourth-order valence-corrected chi connectivity index (χ4v) is 4.28. The van der Waals surface area contributed by atoms with Gasteiger partial charge < -0.3 is 14.2 Å². The zero-order chi connectivity index (χ0) is 24.2. The van der Waals surface area contributed by atoms with Gasteiger partial charge in [0.1, 0.15) is 5.69 Å². The molecular formula is C25H33ClN2O4. The van der Waals surface area contributed by atoms with Crippen LogP contribution in [0.25, 0.3) is 0 Å². The molecule has 1 aromatic heterocycles. The molecule has 174 valence electrons. The van der Waals surface area contributed by atoms with Gasteiger partial charge in [0.2, 0.25) is 0 Å². The monoisotopic (exact) mass is 460 g/mol. The highest BCUT2D eigenvalue weighted by Crippen LogP contribution is 2.27. The van der Waals surface area contributed by atoms with Crippen LogP contribution in [-0.2, 0) is 11.3 Å². The van der Waals surface area contributed by atoms with E-state index in [-0.39, 0.29) is 24.2 Å². The summed E-state index contributed by atoms with van der Waals surface area (Å²) < 4.78 is 7.02. The second-order valence-electron chi connectivity index (χ2n) is 8.27. The highest BCUT2D eigenvalue weighted by molar-refractivity contribution is 6.33. The van der Waals surface area contributed by atoms with Gasteiger partial charge in [0.25, 0.3) is 5.91 Å². The molecule has 2 aromatic rings. The van der Waals surface area contributed by atoms with Gasteiger partial charge in [0.15, 0.2) is 5.78 Å². The maximum atomic E-state index is 13.7. The van der Waals surface area contributed by atoms with Gasteiger partial charge in [-0.25, -0.2) is 4.79 Å². The van der Waals surface area contributed by atoms with Crippen LogP contribution < -0.4 is 0 Å². The van der Waals surface area contributed by atoms with E-state index in [9.17, 15) is 14.4 Å². The Morgan fingerprint density at radius 3 is 2.25 bits per heavy atom. The number of ketones is 1. The number of esters is 1. The van der Waals surface area contributed by atoms with Crippen LogP contribution in [0.2, 0.25) is 5.02 Å². The summed E-state index contributed by atoms with van der Waals surface area (Å²) in [5.41, 5.74) is 2.48. The lowest BCUT2D eigenvalue weighted by atomic mass is 9.98. The topological polar surface area (TPSA) is 68.6 Å². The summed E-state index contributed by atoms with van der Waals surface area (Å²) in [5.74, 6) is -0.804. The van der Waals surface area contributed by atoms with Crippen molar-refractivity contribution in [1.29, 1.82) is 0 Å². The normalized spacial score (nSPS) is 12.0. The minimum absolute atomic E-state index is 0.147. The molecule has 0 N–H and O–H groups in total. The molecule has 0 saturated carbocycles. The minimum Gasteiger partial charge on any atom is -0.461 e. The Balaban J connectivity index is 2.53. The van der Waals surface area contributed by atoms with Crippen LogP contribution in [0, 0.1) is 19.8 Å². The number of hydrogen-bond acceptors (Lipinski definition) is 4. The van der Waals surface area contributed by atoms with Gasteiger partial charge in [0, 0.05) is 24.3 Å². The molecule has 0 aliphatic heterocycles. The predicted molar refractivity (Wildman–Crippen MR) is 127 cm³/mol. The van der Waals surface area contributed by atoms with Crippen LogP contribution in [-0.4, -0.2) is 46.3 Å². The molecule has 32 heavy (non-hydrogen) atoms. The number of rotatable bonds is 9. The van der Waals surface area contributed by atoms with Gasteiger partial charge in [-0.15, -0.1) is 0 Å². The highest BCUT2D eigenvalue weighted by atomic mass is 35.5. The predicted octanol–water partition coefficient (Wildman–Crippen LogP) is 5.32. The van der Waals surface area contributed by atoms with Crippen LogP contribution in [0.4, 0.5) is 0 Å². The van der Waals surface area contributed by atoms with Crippen molar-refractivity contribution in [2.75, 3.05) is 13.2 Å². The fourth-order valence-electron chi connectivity index (χ4n) is 4.07. The number of ether oxygens (including phenoxy) is 1. The van der Waals surface area contributed by atoms with Crippen molar-refractivity contribution in [3.8, 4) is 0 Å². The van der Waals surface area contributed by atoms with E-state index in [1.54, 1.807) is 54.5 Å². The Bertz CT molecular complexity index is 1010. The Labute approximate surface area is 195 Å². The summed E-state index contributed by atoms with van der Waals surface area (Å²) in [5, 5.41) is 0.347. The molecule has 0 fully saturated rings. The van der Waals surface area contributed by atoms with Crippen LogP contribution in [0.15, 0.2) is 24.3 Å². The number of carbonyl (C=O) groups is 3. The lowest BCUT2D eigenvalue weighted by Crippen LogP contribution is -2.45. The first-order chi connectivity index (χ1) is 15.1. The van der Waals surface area contributed by atoms with Crippen LogP contribution in [0.3, 0.4) is 0 Å². The van der Waals surface area contributed by atoms with E-state index in [1.165, 1.54) is 0 Å². The van der Waals surface area contributed by atoms with Gasteiger partial charge in [-0.3, -0.25) is 9.59 Å². The largest absolute Gasteiger partial charge is 0.461 e. The number of Topliss-reactive ketones (excluding diaryl/α,β-unsaturated/α-hetero) is 1. The minimum atomic E-state index is -0.735. The Hall–Kier alpha value is -2.60. The fraction of sp³-hybridized carbons (Fsp3) is 0.480. The van der Waals surface area contributed by atoms with Gasteiger partial charge in [-0.1, -0.05) is 37.6 Å². The standard InChI is InChI=1S/C25H33ClN2O4/c1-8-27-17(6)21(16(5)22(27)25(31)32-9-2)23(29)18(7)28(14-15(3)4)24(30)19-12-10-11-13-20(19)26/h10-13,15,18H,8-9,14H2,1-7H3. The number of aromatic nitrogens is 1. The molecule has 1 aromatic carbocycles. The van der Waals surface area contributed by atoms with E-state index in [0.29, 0.717) is 46.2 Å². The third-order valence-electron chi connectivity index (χ3n) is 5.57. The molecule has 0 radical (unpaired) electrons. The maximum Gasteiger partial charge on any atom is 0.355 e. The first kappa shape index (κ1) is 25.7. The van der Waals surface area contributed by atoms with Gasteiger partial charge in [0.05, 0.1) is 23.2 Å². The molecule has 2 rings (SSSR count). The number of carbonyl (C=O) groups excluding carboxylic acids is 3. The lowest BCUT2D eigenvalue weighted by Gasteiger charge is -2.30. The third kappa shape index (κ3) is 5.07. The number of amides is 1. The number of halogens is 1. The van der Waals surface area contributed by atoms with Crippen molar-refractivity contribution in [1.82, 2.24) is 9.47 Å². The summed E-state index contributed by atoms with van der Waals surface area (Å²) in [6, 6.07) is 6.10. The molecule has 1 heterocycles. The SMILES string of the molecule is CCOC(=O)c1c(C)c(C(=O)C(C)N(CC(C)C)C(=O)c2ccccc2Cl)c(C)n1CC. The molecule has 1 atom stereocenters. The van der Waals surface area contributed by atoms with E-state index < -0.39 is 12.0 Å². The summed E-state index contributed by atoms with van der Waals surface area (Å²) in [6.07, 6.45) is 0. The average Bonchev–Trinajstić information content (AvgIpc) is 3.00. The van der Waals surface area contributed by atoms with Gasteiger partial charge in [-0.05, 0) is 58.2 Å². The second kappa shape index (κ2) is 10.8. The van der Waals surface area contributed by atoms with E-state index in [0.717, 1.165) is 0 Å². The Kier molecular flexibility index (Phi) is 8.67. The smallest absolute Gasteiger partial charge is 0.355 e. The molecular weight excluding hydrogens is 428 g/mol. The molecule has 0 aliphatic rings. The van der Waals surface area contributed by atoms with Crippen molar-refractivity contribution in [2.45, 2.75) is 61.1 Å². The molecule has 1 amide bonds. The van der Waals surface area contributed by atoms with Crippen molar-refractivity contribution < 1.29 is 19.1 Å². The quantitative estimate of drug-likeness (QED) is 0.375. The van der Waals surface area contributed by atoms with Crippen LogP contribution >= 0.6 is 11.6 Å². The third-order valence-corrected chi connectivity index (χ3v) is 5.90. The molecule has 0 bridgehead atoms. The van der Waals surface area contributed by atoms with Crippen molar-refractivity contribution in [2.24, 2.45) is 5.92 Å². The number of nitrogens with zero attached hydrogens (tertiary/aromatic N) is 2. The van der Waals surface area contributed by atoms with Crippen molar-refractivity contribution >= 4 is 29.3 Å². The lowest BCUT2D eigenvalue weighted by molar-refractivity contribution is 0.0512.